The Hall–Kier alpha value is -2.82. The van der Waals surface area contributed by atoms with Crippen molar-refractivity contribution in [3.63, 3.8) is 0 Å². The molecule has 0 aliphatic carbocycles. The summed E-state index contributed by atoms with van der Waals surface area (Å²) < 4.78 is 1.91. The molecule has 0 atom stereocenters. The molecule has 104 valence electrons. The summed E-state index contributed by atoms with van der Waals surface area (Å²) in [5, 5.41) is 8.14. The Kier molecular flexibility index (Phi) is 3.55. The highest BCUT2D eigenvalue weighted by atomic mass is 16.1. The van der Waals surface area contributed by atoms with Gasteiger partial charge in [-0.3, -0.25) is 14.3 Å². The van der Waals surface area contributed by atoms with E-state index in [0.717, 1.165) is 17.1 Å². The van der Waals surface area contributed by atoms with Crippen LogP contribution in [-0.2, 0) is 6.42 Å². The minimum absolute atomic E-state index is 0.0564. The van der Waals surface area contributed by atoms with E-state index in [1.807, 2.05) is 47.2 Å². The summed E-state index contributed by atoms with van der Waals surface area (Å²) in [4.78, 5) is 15.4. The van der Waals surface area contributed by atoms with Crippen molar-refractivity contribution in [3.8, 4) is 5.69 Å². The summed E-state index contributed by atoms with van der Waals surface area (Å²) in [6.45, 7) is 1.56. The standard InChI is InChI=1S/C16H14N4O/c1-12(21)14-4-6-15(7-5-14)20-11-18-19-16(20)9-13-3-2-8-17-10-13/h2-8,10-11H,9H2,1H3. The van der Waals surface area contributed by atoms with Gasteiger partial charge in [0.25, 0.3) is 0 Å². The molecule has 0 radical (unpaired) electrons. The van der Waals surface area contributed by atoms with Crippen LogP contribution in [0.4, 0.5) is 0 Å². The van der Waals surface area contributed by atoms with Crippen LogP contribution in [0.1, 0.15) is 28.7 Å². The van der Waals surface area contributed by atoms with E-state index < -0.39 is 0 Å². The summed E-state index contributed by atoms with van der Waals surface area (Å²) in [5.41, 5.74) is 2.71. The Morgan fingerprint density at radius 3 is 2.67 bits per heavy atom. The first-order valence-electron chi connectivity index (χ1n) is 6.63. The first kappa shape index (κ1) is 13.2. The van der Waals surface area contributed by atoms with Crippen molar-refractivity contribution in [1.29, 1.82) is 0 Å². The smallest absolute Gasteiger partial charge is 0.159 e. The van der Waals surface area contributed by atoms with Gasteiger partial charge in [0, 0.05) is 30.1 Å². The van der Waals surface area contributed by atoms with Gasteiger partial charge in [-0.05, 0) is 42.8 Å². The third-order valence-electron chi connectivity index (χ3n) is 3.26. The van der Waals surface area contributed by atoms with Crippen LogP contribution in [0.3, 0.4) is 0 Å². The number of rotatable bonds is 4. The lowest BCUT2D eigenvalue weighted by Crippen LogP contribution is -2.02. The van der Waals surface area contributed by atoms with Gasteiger partial charge in [0.15, 0.2) is 5.78 Å². The zero-order valence-corrected chi connectivity index (χ0v) is 11.6. The SMILES string of the molecule is CC(=O)c1ccc(-n2cnnc2Cc2cccnc2)cc1. The third-order valence-corrected chi connectivity index (χ3v) is 3.26. The fraction of sp³-hybridized carbons (Fsp3) is 0.125. The summed E-state index contributed by atoms with van der Waals surface area (Å²) in [6, 6.07) is 11.3. The molecule has 0 amide bonds. The van der Waals surface area contributed by atoms with Crippen molar-refractivity contribution >= 4 is 5.78 Å². The number of hydrogen-bond donors (Lipinski definition) is 0. The second-order valence-electron chi connectivity index (χ2n) is 4.76. The van der Waals surface area contributed by atoms with Gasteiger partial charge in [0.2, 0.25) is 0 Å². The molecule has 0 aliphatic rings. The first-order valence-corrected chi connectivity index (χ1v) is 6.63. The van der Waals surface area contributed by atoms with Crippen LogP contribution >= 0.6 is 0 Å². The molecule has 21 heavy (non-hydrogen) atoms. The van der Waals surface area contributed by atoms with Crippen LogP contribution in [0, 0.1) is 0 Å². The molecule has 0 fully saturated rings. The van der Waals surface area contributed by atoms with E-state index in [-0.39, 0.29) is 5.78 Å². The van der Waals surface area contributed by atoms with Crippen LogP contribution < -0.4 is 0 Å². The molecule has 5 heteroatoms. The molecule has 0 N–H and O–H groups in total. The quantitative estimate of drug-likeness (QED) is 0.688. The Morgan fingerprint density at radius 1 is 1.19 bits per heavy atom. The number of aromatic nitrogens is 4. The molecule has 2 aromatic heterocycles. The van der Waals surface area contributed by atoms with Gasteiger partial charge in [-0.25, -0.2) is 0 Å². The number of benzene rings is 1. The topological polar surface area (TPSA) is 60.7 Å². The molecule has 3 rings (SSSR count). The second-order valence-corrected chi connectivity index (χ2v) is 4.76. The van der Waals surface area contributed by atoms with Crippen molar-refractivity contribution < 1.29 is 4.79 Å². The molecule has 0 saturated heterocycles. The van der Waals surface area contributed by atoms with Crippen LogP contribution in [0.5, 0.6) is 0 Å². The van der Waals surface area contributed by atoms with Crippen molar-refractivity contribution in [2.45, 2.75) is 13.3 Å². The van der Waals surface area contributed by atoms with Gasteiger partial charge < -0.3 is 0 Å². The summed E-state index contributed by atoms with van der Waals surface area (Å²) in [6.07, 6.45) is 5.89. The third kappa shape index (κ3) is 2.86. The number of pyridine rings is 1. The lowest BCUT2D eigenvalue weighted by atomic mass is 10.1. The van der Waals surface area contributed by atoms with E-state index in [0.29, 0.717) is 12.0 Å². The highest BCUT2D eigenvalue weighted by Crippen LogP contribution is 2.14. The number of carbonyl (C=O) groups is 1. The van der Waals surface area contributed by atoms with E-state index >= 15 is 0 Å². The number of ketones is 1. The van der Waals surface area contributed by atoms with Gasteiger partial charge in [-0.1, -0.05) is 6.07 Å². The van der Waals surface area contributed by atoms with E-state index in [2.05, 4.69) is 15.2 Å². The fourth-order valence-corrected chi connectivity index (χ4v) is 2.14. The number of nitrogens with zero attached hydrogens (tertiary/aromatic N) is 4. The summed E-state index contributed by atoms with van der Waals surface area (Å²) in [7, 11) is 0. The molecule has 3 aromatic rings. The van der Waals surface area contributed by atoms with E-state index in [4.69, 9.17) is 0 Å². The van der Waals surface area contributed by atoms with Crippen LogP contribution in [0.15, 0.2) is 55.1 Å². The Balaban J connectivity index is 1.90. The van der Waals surface area contributed by atoms with Gasteiger partial charge in [-0.2, -0.15) is 0 Å². The molecule has 0 unspecified atom stereocenters. The highest BCUT2D eigenvalue weighted by Gasteiger charge is 2.08. The maximum atomic E-state index is 11.3. The van der Waals surface area contributed by atoms with Gasteiger partial charge in [-0.15, -0.1) is 10.2 Å². The average Bonchev–Trinajstić information content (AvgIpc) is 2.96. The molecular weight excluding hydrogens is 264 g/mol. The largest absolute Gasteiger partial charge is 0.295 e. The molecule has 0 spiro atoms. The van der Waals surface area contributed by atoms with Crippen LogP contribution in [0.25, 0.3) is 5.69 Å². The zero-order chi connectivity index (χ0) is 14.7. The molecule has 0 aliphatic heterocycles. The predicted molar refractivity (Wildman–Crippen MR) is 78.4 cm³/mol. The predicted octanol–water partition coefficient (Wildman–Crippen LogP) is 2.46. The molecule has 0 saturated carbocycles. The normalized spacial score (nSPS) is 10.5. The summed E-state index contributed by atoms with van der Waals surface area (Å²) in [5.74, 6) is 0.888. The van der Waals surface area contributed by atoms with Crippen molar-refractivity contribution in [3.05, 3.63) is 72.1 Å². The first-order chi connectivity index (χ1) is 10.2. The van der Waals surface area contributed by atoms with E-state index in [9.17, 15) is 4.79 Å². The molecule has 0 bridgehead atoms. The molecule has 5 nitrogen and oxygen atoms in total. The zero-order valence-electron chi connectivity index (χ0n) is 11.6. The van der Waals surface area contributed by atoms with E-state index in [1.54, 1.807) is 19.4 Å². The van der Waals surface area contributed by atoms with Gasteiger partial charge in [0.05, 0.1) is 0 Å². The minimum Gasteiger partial charge on any atom is -0.295 e. The van der Waals surface area contributed by atoms with Crippen molar-refractivity contribution in [2.24, 2.45) is 0 Å². The van der Waals surface area contributed by atoms with E-state index in [1.165, 1.54) is 0 Å². The Labute approximate surface area is 122 Å². The number of Topliss-reactive ketones (excluding diaryl/α,β-unsaturated/α-hetero) is 1. The number of hydrogen-bond acceptors (Lipinski definition) is 4. The molecular formula is C16H14N4O. The monoisotopic (exact) mass is 278 g/mol. The highest BCUT2D eigenvalue weighted by molar-refractivity contribution is 5.94. The molecule has 2 heterocycles. The fourth-order valence-electron chi connectivity index (χ4n) is 2.14. The Morgan fingerprint density at radius 2 is 2.00 bits per heavy atom. The summed E-state index contributed by atoms with van der Waals surface area (Å²) >= 11 is 0. The second kappa shape index (κ2) is 5.66. The van der Waals surface area contributed by atoms with Crippen LogP contribution in [-0.4, -0.2) is 25.5 Å². The van der Waals surface area contributed by atoms with Crippen LogP contribution in [0.2, 0.25) is 0 Å². The maximum Gasteiger partial charge on any atom is 0.159 e. The lowest BCUT2D eigenvalue weighted by Gasteiger charge is -2.07. The van der Waals surface area contributed by atoms with Crippen molar-refractivity contribution in [2.75, 3.05) is 0 Å². The number of carbonyl (C=O) groups excluding carboxylic acids is 1. The average molecular weight is 278 g/mol. The van der Waals surface area contributed by atoms with Crippen molar-refractivity contribution in [1.82, 2.24) is 19.7 Å². The Bertz CT molecular complexity index is 747. The molecule has 1 aromatic carbocycles. The maximum absolute atomic E-state index is 11.3. The van der Waals surface area contributed by atoms with Gasteiger partial charge >= 0.3 is 0 Å². The lowest BCUT2D eigenvalue weighted by molar-refractivity contribution is 0.101. The van der Waals surface area contributed by atoms with Gasteiger partial charge in [0.1, 0.15) is 12.2 Å². The minimum atomic E-state index is 0.0564.